The zero-order valence-electron chi connectivity index (χ0n) is 21.2. The first-order valence-corrected chi connectivity index (χ1v) is 13.3. The molecule has 0 spiro atoms. The molecule has 2 aliphatic heterocycles. The zero-order chi connectivity index (χ0) is 26.9. The molecule has 1 unspecified atom stereocenters. The number of hydrogen-bond donors (Lipinski definition) is 2. The minimum atomic E-state index is -0.450. The molecule has 4 aromatic carbocycles. The van der Waals surface area contributed by atoms with Gasteiger partial charge in [-0.05, 0) is 52.6 Å². The molecule has 2 heterocycles. The number of fused-ring (bicyclic) bond motifs is 3. The highest BCUT2D eigenvalue weighted by Gasteiger charge is 2.33. The van der Waals surface area contributed by atoms with E-state index >= 15 is 0 Å². The van der Waals surface area contributed by atoms with Crippen molar-refractivity contribution in [2.45, 2.75) is 19.0 Å². The summed E-state index contributed by atoms with van der Waals surface area (Å²) < 4.78 is 0. The molecular weight excluding hydrogens is 512 g/mol. The van der Waals surface area contributed by atoms with Gasteiger partial charge in [0.1, 0.15) is 5.75 Å². The first-order chi connectivity index (χ1) is 19.0. The minimum Gasteiger partial charge on any atom is -0.506 e. The molecule has 0 saturated carbocycles. The van der Waals surface area contributed by atoms with Crippen molar-refractivity contribution in [2.24, 2.45) is 5.10 Å². The van der Waals surface area contributed by atoms with Crippen molar-refractivity contribution in [3.05, 3.63) is 112 Å². The number of halogens is 1. The number of carbonyl (C=O) groups is 2. The van der Waals surface area contributed by atoms with E-state index < -0.39 is 5.91 Å². The quantitative estimate of drug-likeness (QED) is 0.287. The number of benzene rings is 4. The Labute approximate surface area is 231 Å². The third-order valence-electron chi connectivity index (χ3n) is 7.61. The van der Waals surface area contributed by atoms with Crippen LogP contribution in [-0.2, 0) is 13.0 Å². The van der Waals surface area contributed by atoms with E-state index in [0.717, 1.165) is 35.8 Å². The second-order valence-electron chi connectivity index (χ2n) is 9.96. The number of hydrogen-bond acceptors (Lipinski definition) is 5. The fourth-order valence-corrected chi connectivity index (χ4v) is 5.71. The van der Waals surface area contributed by atoms with Gasteiger partial charge in [-0.3, -0.25) is 14.5 Å². The number of nitrogens with zero attached hydrogens (tertiary/aromatic N) is 3. The van der Waals surface area contributed by atoms with Gasteiger partial charge in [0.15, 0.2) is 0 Å². The van der Waals surface area contributed by atoms with Crippen LogP contribution < -0.4 is 5.43 Å². The van der Waals surface area contributed by atoms with E-state index in [2.05, 4.69) is 39.7 Å². The minimum absolute atomic E-state index is 0.0331. The van der Waals surface area contributed by atoms with Crippen molar-refractivity contribution >= 4 is 40.4 Å². The third-order valence-corrected chi connectivity index (χ3v) is 7.91. The molecule has 196 valence electrons. The van der Waals surface area contributed by atoms with Crippen LogP contribution in [0, 0.1) is 0 Å². The van der Waals surface area contributed by atoms with Crippen LogP contribution in [0.4, 0.5) is 0 Å². The molecule has 0 aliphatic carbocycles. The summed E-state index contributed by atoms with van der Waals surface area (Å²) in [5, 5.41) is 15.5. The Morgan fingerprint density at radius 1 is 0.949 bits per heavy atom. The van der Waals surface area contributed by atoms with Gasteiger partial charge in [0.05, 0.1) is 11.2 Å². The van der Waals surface area contributed by atoms with Crippen molar-refractivity contribution in [2.75, 3.05) is 19.6 Å². The Morgan fingerprint density at radius 3 is 2.54 bits per heavy atom. The number of nitrogens with one attached hydrogen (secondary N) is 1. The fraction of sp³-hybridized carbons (Fsp3) is 0.194. The van der Waals surface area contributed by atoms with Gasteiger partial charge in [0.25, 0.3) is 11.8 Å². The Balaban J connectivity index is 1.20. The molecule has 0 aromatic heterocycles. The number of hydrazone groups is 1. The van der Waals surface area contributed by atoms with Gasteiger partial charge in [-0.1, -0.05) is 66.2 Å². The van der Waals surface area contributed by atoms with Crippen LogP contribution in [0.3, 0.4) is 0 Å². The maximum atomic E-state index is 13.7. The average molecular weight is 539 g/mol. The summed E-state index contributed by atoms with van der Waals surface area (Å²) in [5.74, 6) is -0.511. The molecule has 2 aliphatic rings. The monoisotopic (exact) mass is 538 g/mol. The maximum Gasteiger partial charge on any atom is 0.271 e. The van der Waals surface area contributed by atoms with Crippen LogP contribution in [-0.4, -0.2) is 58.6 Å². The van der Waals surface area contributed by atoms with Crippen LogP contribution in [0.1, 0.15) is 37.4 Å². The summed E-state index contributed by atoms with van der Waals surface area (Å²) in [6.07, 6.45) is 2.52. The molecule has 1 saturated heterocycles. The summed E-state index contributed by atoms with van der Waals surface area (Å²) in [7, 11) is 0. The summed E-state index contributed by atoms with van der Waals surface area (Å²) in [4.78, 5) is 30.6. The van der Waals surface area contributed by atoms with Crippen molar-refractivity contribution in [3.8, 4) is 5.75 Å². The van der Waals surface area contributed by atoms with Crippen LogP contribution in [0.25, 0.3) is 10.8 Å². The van der Waals surface area contributed by atoms with E-state index in [0.29, 0.717) is 24.7 Å². The highest BCUT2D eigenvalue weighted by Crippen LogP contribution is 2.28. The number of phenolic OH excluding ortho intramolecular Hbond substituents is 1. The van der Waals surface area contributed by atoms with Crippen molar-refractivity contribution in [3.63, 3.8) is 0 Å². The molecule has 8 heteroatoms. The Kier molecular flexibility index (Phi) is 6.77. The number of rotatable bonds is 4. The number of phenols is 1. The smallest absolute Gasteiger partial charge is 0.271 e. The zero-order valence-corrected chi connectivity index (χ0v) is 21.9. The van der Waals surface area contributed by atoms with Gasteiger partial charge in [-0.25, -0.2) is 5.43 Å². The lowest BCUT2D eigenvalue weighted by atomic mass is 9.92. The van der Waals surface area contributed by atoms with Gasteiger partial charge in [-0.2, -0.15) is 5.10 Å². The summed E-state index contributed by atoms with van der Waals surface area (Å²) in [5.41, 5.74) is 6.98. The number of carbonyl (C=O) groups excluding carboxylic acids is 2. The lowest BCUT2D eigenvalue weighted by Crippen LogP contribution is -2.56. The Hall–Kier alpha value is -4.20. The van der Waals surface area contributed by atoms with Gasteiger partial charge < -0.3 is 10.0 Å². The van der Waals surface area contributed by atoms with Gasteiger partial charge in [-0.15, -0.1) is 0 Å². The second kappa shape index (κ2) is 10.5. The number of aromatic hydroxyl groups is 1. The first-order valence-electron chi connectivity index (χ1n) is 12.9. The maximum absolute atomic E-state index is 13.7. The fourth-order valence-electron chi connectivity index (χ4n) is 5.53. The van der Waals surface area contributed by atoms with Crippen LogP contribution >= 0.6 is 11.6 Å². The lowest BCUT2D eigenvalue weighted by molar-refractivity contribution is 0.0428. The summed E-state index contributed by atoms with van der Waals surface area (Å²) >= 11 is 5.90. The van der Waals surface area contributed by atoms with Crippen molar-refractivity contribution in [1.82, 2.24) is 15.2 Å². The SMILES string of the molecule is O=C(NN=Cc1ccc(C(=O)N2CCN3Cc4ccccc4CC3C2)c2ccccc12)c1ccc(O)c(Cl)c1. The summed E-state index contributed by atoms with van der Waals surface area (Å²) in [6, 6.07) is 24.6. The molecule has 39 heavy (non-hydrogen) atoms. The van der Waals surface area contributed by atoms with E-state index in [1.165, 1.54) is 29.3 Å². The highest BCUT2D eigenvalue weighted by atomic mass is 35.5. The standard InChI is InChI=1S/C31H27ClN4O3/c32-28-16-21(10-12-29(28)37)30(38)34-33-17-22-9-11-27(26-8-4-3-7-25(22)26)31(39)36-14-13-35-18-23-6-2-1-5-20(23)15-24(35)19-36/h1-12,16-17,24,37H,13-15,18-19H2,(H,34,38). The predicted molar refractivity (Wildman–Crippen MR) is 152 cm³/mol. The van der Waals surface area contributed by atoms with E-state index in [1.54, 1.807) is 6.21 Å². The van der Waals surface area contributed by atoms with E-state index in [-0.39, 0.29) is 22.2 Å². The number of piperazine rings is 1. The van der Waals surface area contributed by atoms with Crippen molar-refractivity contribution < 1.29 is 14.7 Å². The molecular formula is C31H27ClN4O3. The van der Waals surface area contributed by atoms with E-state index in [9.17, 15) is 14.7 Å². The molecule has 1 fully saturated rings. The van der Waals surface area contributed by atoms with Gasteiger partial charge in [0.2, 0.25) is 0 Å². The predicted octanol–water partition coefficient (Wildman–Crippen LogP) is 4.85. The molecule has 7 nitrogen and oxygen atoms in total. The average Bonchev–Trinajstić information content (AvgIpc) is 2.96. The Morgan fingerprint density at radius 2 is 1.72 bits per heavy atom. The molecule has 4 aromatic rings. The first kappa shape index (κ1) is 25.1. The highest BCUT2D eigenvalue weighted by molar-refractivity contribution is 6.32. The van der Waals surface area contributed by atoms with E-state index in [1.807, 2.05) is 41.3 Å². The molecule has 0 bridgehead atoms. The molecule has 1 atom stereocenters. The molecule has 2 N–H and O–H groups in total. The molecule has 6 rings (SSSR count). The van der Waals surface area contributed by atoms with Crippen LogP contribution in [0.2, 0.25) is 5.02 Å². The summed E-state index contributed by atoms with van der Waals surface area (Å²) in [6.45, 7) is 3.20. The molecule has 0 radical (unpaired) electrons. The van der Waals surface area contributed by atoms with Gasteiger partial charge in [0, 0.05) is 48.9 Å². The topological polar surface area (TPSA) is 85.2 Å². The Bertz CT molecular complexity index is 1620. The lowest BCUT2D eigenvalue weighted by Gasteiger charge is -2.44. The van der Waals surface area contributed by atoms with Crippen molar-refractivity contribution in [1.29, 1.82) is 0 Å². The number of amides is 2. The van der Waals surface area contributed by atoms with E-state index in [4.69, 9.17) is 11.6 Å². The largest absolute Gasteiger partial charge is 0.506 e. The molecule has 2 amide bonds. The normalized spacial score (nSPS) is 17.2. The van der Waals surface area contributed by atoms with Crippen LogP contribution in [0.15, 0.2) is 84.0 Å². The van der Waals surface area contributed by atoms with Crippen LogP contribution in [0.5, 0.6) is 5.75 Å². The third kappa shape index (κ3) is 4.99. The second-order valence-corrected chi connectivity index (χ2v) is 10.4. The van der Waals surface area contributed by atoms with Gasteiger partial charge >= 0.3 is 0 Å².